The molecular formula is C25H28N3O6-. The maximum absolute atomic E-state index is 12.9. The molecule has 0 saturated carbocycles. The van der Waals surface area contributed by atoms with E-state index < -0.39 is 17.7 Å². The Kier molecular flexibility index (Phi) is 7.55. The normalized spacial score (nSPS) is 11.2. The van der Waals surface area contributed by atoms with Crippen molar-refractivity contribution >= 4 is 12.1 Å². The number of carboxylic acid groups (broad SMARTS) is 1. The molecule has 0 atom stereocenters. The van der Waals surface area contributed by atoms with E-state index >= 15 is 0 Å². The molecule has 3 aromatic rings. The highest BCUT2D eigenvalue weighted by Crippen LogP contribution is 2.29. The number of nitrogens with zero attached hydrogens (tertiary/aromatic N) is 3. The summed E-state index contributed by atoms with van der Waals surface area (Å²) in [6.45, 7) is 8.61. The van der Waals surface area contributed by atoms with Gasteiger partial charge in [-0.05, 0) is 56.9 Å². The lowest BCUT2D eigenvalue weighted by molar-refractivity contribution is -0.320. The van der Waals surface area contributed by atoms with E-state index in [1.54, 1.807) is 6.92 Å². The van der Waals surface area contributed by atoms with Crippen molar-refractivity contribution in [2.24, 2.45) is 0 Å². The monoisotopic (exact) mass is 466 g/mol. The first kappa shape index (κ1) is 24.8. The smallest absolute Gasteiger partial charge is 0.410 e. The van der Waals surface area contributed by atoms with Crippen LogP contribution in [0.1, 0.15) is 47.8 Å². The summed E-state index contributed by atoms with van der Waals surface area (Å²) < 4.78 is 16.4. The maximum atomic E-state index is 12.9. The Bertz CT molecular complexity index is 1130. The molecule has 9 heteroatoms. The van der Waals surface area contributed by atoms with Gasteiger partial charge < -0.3 is 23.9 Å². The quantitative estimate of drug-likeness (QED) is 0.472. The van der Waals surface area contributed by atoms with Gasteiger partial charge in [0.2, 0.25) is 5.89 Å². The van der Waals surface area contributed by atoms with E-state index in [1.165, 1.54) is 18.7 Å². The van der Waals surface area contributed by atoms with Gasteiger partial charge in [0, 0.05) is 6.54 Å². The number of carbonyl (C=O) groups is 2. The zero-order valence-electron chi connectivity index (χ0n) is 20.0. The molecule has 180 valence electrons. The summed E-state index contributed by atoms with van der Waals surface area (Å²) >= 11 is 0. The van der Waals surface area contributed by atoms with Crippen LogP contribution in [0.15, 0.2) is 47.0 Å². The van der Waals surface area contributed by atoms with Crippen molar-refractivity contribution in [2.45, 2.75) is 59.9 Å². The molecule has 34 heavy (non-hydrogen) atoms. The van der Waals surface area contributed by atoms with E-state index in [0.717, 1.165) is 22.3 Å². The fourth-order valence-corrected chi connectivity index (χ4v) is 3.37. The van der Waals surface area contributed by atoms with Crippen molar-refractivity contribution in [1.82, 2.24) is 15.0 Å². The lowest BCUT2D eigenvalue weighted by Crippen LogP contribution is -2.48. The molecule has 0 spiro atoms. The Balaban J connectivity index is 1.80. The minimum absolute atomic E-state index is 0.0719. The van der Waals surface area contributed by atoms with Crippen LogP contribution in [0.5, 0.6) is 5.75 Å². The number of ether oxygens (including phenoxy) is 2. The molecule has 0 N–H and O–H groups in total. The Hall–Kier alpha value is -3.88. The Labute approximate surface area is 198 Å². The van der Waals surface area contributed by atoms with E-state index in [9.17, 15) is 14.7 Å². The highest BCUT2D eigenvalue weighted by Gasteiger charge is 2.24. The van der Waals surface area contributed by atoms with Crippen molar-refractivity contribution in [3.05, 3.63) is 76.4 Å². The number of aliphatic carboxylic acids is 1. The van der Waals surface area contributed by atoms with Crippen LogP contribution in [0.2, 0.25) is 0 Å². The van der Waals surface area contributed by atoms with Crippen LogP contribution < -0.4 is 9.84 Å². The van der Waals surface area contributed by atoms with Crippen molar-refractivity contribution < 1.29 is 28.7 Å². The largest absolute Gasteiger partial charge is 0.546 e. The number of hydrogen-bond acceptors (Lipinski definition) is 8. The summed E-state index contributed by atoms with van der Waals surface area (Å²) in [6.07, 6.45) is -0.534. The number of benzene rings is 2. The van der Waals surface area contributed by atoms with Gasteiger partial charge in [0.25, 0.3) is 0 Å². The minimum atomic E-state index is -1.49. The fraction of sp³-hybridized carbons (Fsp3) is 0.360. The second kappa shape index (κ2) is 10.4. The van der Waals surface area contributed by atoms with Gasteiger partial charge in [-0.1, -0.05) is 47.6 Å². The first-order valence-electron chi connectivity index (χ1n) is 10.8. The summed E-state index contributed by atoms with van der Waals surface area (Å²) in [7, 11) is 0. The summed E-state index contributed by atoms with van der Waals surface area (Å²) in [6, 6.07) is 13.1. The summed E-state index contributed by atoms with van der Waals surface area (Å²) in [5.41, 5.74) is 1.65. The lowest BCUT2D eigenvalue weighted by Gasteiger charge is -2.29. The van der Waals surface area contributed by atoms with Crippen LogP contribution in [0, 0.1) is 20.8 Å². The van der Waals surface area contributed by atoms with Gasteiger partial charge in [-0.15, -0.1) is 0 Å². The lowest BCUT2D eigenvalue weighted by atomic mass is 10.0. The molecule has 1 amide bonds. The molecule has 3 rings (SSSR count). The third-order valence-electron chi connectivity index (χ3n) is 5.10. The van der Waals surface area contributed by atoms with E-state index in [0.29, 0.717) is 17.5 Å². The average Bonchev–Trinajstić information content (AvgIpc) is 3.19. The molecular weight excluding hydrogens is 438 g/mol. The standard InChI is InChI=1S/C25H29N3O6/c1-16-11-20(12-17(2)22(16)33-25(4,5)23(29)30)13-28(14-21-26-18(3)27-34-21)24(31)32-15-19-9-7-6-8-10-19/h6-12H,13-15H2,1-5H3,(H,29,30)/p-1. The zero-order valence-corrected chi connectivity index (χ0v) is 20.0. The Morgan fingerprint density at radius 1 is 1.03 bits per heavy atom. The summed E-state index contributed by atoms with van der Waals surface area (Å²) in [5, 5.41) is 15.1. The third kappa shape index (κ3) is 6.34. The topological polar surface area (TPSA) is 118 Å². The molecule has 0 aliphatic heterocycles. The van der Waals surface area contributed by atoms with E-state index in [1.807, 2.05) is 56.3 Å². The third-order valence-corrected chi connectivity index (χ3v) is 5.10. The second-order valence-corrected chi connectivity index (χ2v) is 8.59. The first-order chi connectivity index (χ1) is 16.0. The van der Waals surface area contributed by atoms with E-state index in [4.69, 9.17) is 14.0 Å². The molecule has 2 aromatic carbocycles. The van der Waals surface area contributed by atoms with Crippen LogP contribution in [0.25, 0.3) is 0 Å². The average molecular weight is 467 g/mol. The van der Waals surface area contributed by atoms with Gasteiger partial charge in [-0.3, -0.25) is 4.90 Å². The van der Waals surface area contributed by atoms with Crippen molar-refractivity contribution in [3.8, 4) is 5.75 Å². The molecule has 0 aliphatic rings. The zero-order chi connectivity index (χ0) is 24.9. The number of hydrogen-bond donors (Lipinski definition) is 0. The molecule has 0 bridgehead atoms. The fourth-order valence-electron chi connectivity index (χ4n) is 3.37. The minimum Gasteiger partial charge on any atom is -0.546 e. The molecule has 0 radical (unpaired) electrons. The van der Waals surface area contributed by atoms with Crippen LogP contribution in [0.4, 0.5) is 4.79 Å². The van der Waals surface area contributed by atoms with Gasteiger partial charge >= 0.3 is 6.09 Å². The Morgan fingerprint density at radius 3 is 2.24 bits per heavy atom. The van der Waals surface area contributed by atoms with Gasteiger partial charge in [-0.25, -0.2) is 4.79 Å². The van der Waals surface area contributed by atoms with E-state index in [-0.39, 0.29) is 19.7 Å². The van der Waals surface area contributed by atoms with Gasteiger partial charge in [0.05, 0.1) is 5.97 Å². The van der Waals surface area contributed by atoms with Gasteiger partial charge in [-0.2, -0.15) is 4.98 Å². The van der Waals surface area contributed by atoms with Gasteiger partial charge in [0.15, 0.2) is 5.82 Å². The second-order valence-electron chi connectivity index (χ2n) is 8.59. The van der Waals surface area contributed by atoms with Crippen molar-refractivity contribution in [1.29, 1.82) is 0 Å². The molecule has 1 heterocycles. The number of amides is 1. The highest BCUT2D eigenvalue weighted by atomic mass is 16.6. The molecule has 0 unspecified atom stereocenters. The predicted octanol–water partition coefficient (Wildman–Crippen LogP) is 3.24. The Morgan fingerprint density at radius 2 is 1.68 bits per heavy atom. The van der Waals surface area contributed by atoms with Crippen LogP contribution in [-0.2, 0) is 29.2 Å². The number of aromatic nitrogens is 2. The number of rotatable bonds is 9. The van der Waals surface area contributed by atoms with Crippen molar-refractivity contribution in [3.63, 3.8) is 0 Å². The molecule has 9 nitrogen and oxygen atoms in total. The van der Waals surface area contributed by atoms with Gasteiger partial charge in [0.1, 0.15) is 24.5 Å². The molecule has 0 fully saturated rings. The number of aryl methyl sites for hydroxylation is 3. The predicted molar refractivity (Wildman–Crippen MR) is 121 cm³/mol. The summed E-state index contributed by atoms with van der Waals surface area (Å²) in [5.74, 6) is -0.0872. The number of carbonyl (C=O) groups excluding carboxylic acids is 2. The van der Waals surface area contributed by atoms with Crippen LogP contribution >= 0.6 is 0 Å². The van der Waals surface area contributed by atoms with Crippen molar-refractivity contribution in [2.75, 3.05) is 0 Å². The maximum Gasteiger partial charge on any atom is 0.410 e. The first-order valence-corrected chi connectivity index (χ1v) is 10.8. The highest BCUT2D eigenvalue weighted by molar-refractivity contribution is 5.74. The molecule has 1 aromatic heterocycles. The van der Waals surface area contributed by atoms with Crippen LogP contribution in [-0.4, -0.2) is 32.7 Å². The summed E-state index contributed by atoms with van der Waals surface area (Å²) in [4.78, 5) is 30.0. The van der Waals surface area contributed by atoms with Crippen LogP contribution in [0.3, 0.4) is 0 Å². The molecule has 0 aliphatic carbocycles. The molecule has 0 saturated heterocycles. The van der Waals surface area contributed by atoms with E-state index in [2.05, 4.69) is 10.1 Å². The SMILES string of the molecule is Cc1noc(CN(Cc2cc(C)c(OC(C)(C)C(=O)[O-])c(C)c2)C(=O)OCc2ccccc2)n1. The number of carboxylic acids is 1.